The number of likely N-dealkylation sites (tertiary alicyclic amines) is 1. The molecule has 2 aromatic rings. The molecule has 0 radical (unpaired) electrons. The van der Waals surface area contributed by atoms with Crippen molar-refractivity contribution in [1.82, 2.24) is 9.88 Å². The minimum absolute atomic E-state index is 0.0828. The molecule has 0 N–H and O–H groups in total. The van der Waals surface area contributed by atoms with Gasteiger partial charge in [-0.2, -0.15) is 0 Å². The summed E-state index contributed by atoms with van der Waals surface area (Å²) in [5.74, 6) is 0.929. The highest BCUT2D eigenvalue weighted by Gasteiger charge is 2.32. The van der Waals surface area contributed by atoms with Gasteiger partial charge in [0.25, 0.3) is 5.91 Å². The number of carbonyl (C=O) groups is 1. The lowest BCUT2D eigenvalue weighted by Gasteiger charge is -2.35. The first-order valence-corrected chi connectivity index (χ1v) is 8.83. The first kappa shape index (κ1) is 14.5. The van der Waals surface area contributed by atoms with Gasteiger partial charge in [-0.05, 0) is 31.4 Å². The van der Waals surface area contributed by atoms with Crippen molar-refractivity contribution < 1.29 is 9.53 Å². The number of piperidine rings is 1. The molecule has 1 amide bonds. The van der Waals surface area contributed by atoms with E-state index >= 15 is 0 Å². The Balaban J connectivity index is 1.62. The summed E-state index contributed by atoms with van der Waals surface area (Å²) >= 11 is 1.63. The van der Waals surface area contributed by atoms with Gasteiger partial charge in [-0.25, -0.2) is 4.98 Å². The predicted molar refractivity (Wildman–Crippen MR) is 90.3 cm³/mol. The van der Waals surface area contributed by atoms with Crippen LogP contribution < -0.4 is 4.74 Å². The van der Waals surface area contributed by atoms with Gasteiger partial charge in [-0.3, -0.25) is 4.79 Å². The second-order valence-corrected chi connectivity index (χ2v) is 6.80. The number of fused-ring (bicyclic) bond motifs is 1. The molecule has 1 aromatic carbocycles. The third-order valence-electron chi connectivity index (χ3n) is 4.41. The Hall–Kier alpha value is -2.14. The van der Waals surface area contributed by atoms with Gasteiger partial charge in [0.1, 0.15) is 17.4 Å². The van der Waals surface area contributed by atoms with Crippen LogP contribution in [0.2, 0.25) is 0 Å². The van der Waals surface area contributed by atoms with Crippen LogP contribution in [0.4, 0.5) is 0 Å². The van der Waals surface area contributed by atoms with Gasteiger partial charge in [-0.1, -0.05) is 18.2 Å². The minimum atomic E-state index is 0.0828. The number of amides is 1. The summed E-state index contributed by atoms with van der Waals surface area (Å²) < 4.78 is 5.75. The number of hydrogen-bond acceptors (Lipinski definition) is 4. The molecule has 3 heterocycles. The number of nitrogens with zero attached hydrogens (tertiary/aromatic N) is 2. The molecule has 2 aliphatic heterocycles. The van der Waals surface area contributed by atoms with Crippen molar-refractivity contribution in [2.75, 3.05) is 13.2 Å². The Morgan fingerprint density at radius 1 is 1.30 bits per heavy atom. The second kappa shape index (κ2) is 6.16. The number of ether oxygens (including phenoxy) is 1. The number of rotatable bonds is 2. The van der Waals surface area contributed by atoms with Gasteiger partial charge in [-0.15, -0.1) is 11.3 Å². The van der Waals surface area contributed by atoms with Crippen molar-refractivity contribution in [3.05, 3.63) is 52.0 Å². The maximum Gasteiger partial charge on any atom is 0.253 e. The van der Waals surface area contributed by atoms with Crippen LogP contribution in [-0.4, -0.2) is 28.9 Å². The monoisotopic (exact) mass is 326 g/mol. The van der Waals surface area contributed by atoms with E-state index in [0.717, 1.165) is 47.7 Å². The Morgan fingerprint density at radius 3 is 3.09 bits per heavy atom. The zero-order valence-electron chi connectivity index (χ0n) is 12.8. The van der Waals surface area contributed by atoms with Crippen LogP contribution in [0, 0.1) is 0 Å². The fraction of sp³-hybridized carbons (Fsp3) is 0.333. The van der Waals surface area contributed by atoms with Gasteiger partial charge in [0.05, 0.1) is 11.6 Å². The third kappa shape index (κ3) is 2.77. The molecule has 0 aliphatic carbocycles. The molecule has 0 unspecified atom stereocenters. The lowest BCUT2D eigenvalue weighted by atomic mass is 10.00. The molecule has 23 heavy (non-hydrogen) atoms. The number of benzene rings is 1. The standard InChI is InChI=1S/C18H18N2O2S/c21-18(14-11-13-5-1-2-7-16(13)22-12-14)20-9-4-3-6-15(20)17-19-8-10-23-17/h1-2,5,7-8,10-11,15H,3-4,6,9,12H2/t15-/m0/s1. The average molecular weight is 326 g/mol. The van der Waals surface area contributed by atoms with Crippen molar-refractivity contribution in [3.63, 3.8) is 0 Å². The zero-order valence-corrected chi connectivity index (χ0v) is 13.6. The van der Waals surface area contributed by atoms with Crippen LogP contribution in [-0.2, 0) is 4.79 Å². The van der Waals surface area contributed by atoms with Crippen molar-refractivity contribution in [1.29, 1.82) is 0 Å². The lowest BCUT2D eigenvalue weighted by Crippen LogP contribution is -2.40. The molecule has 0 bridgehead atoms. The molecule has 5 heteroatoms. The molecule has 1 saturated heterocycles. The Kier molecular flexibility index (Phi) is 3.87. The second-order valence-electron chi connectivity index (χ2n) is 5.88. The molecule has 0 saturated carbocycles. The van der Waals surface area contributed by atoms with Crippen LogP contribution in [0.25, 0.3) is 6.08 Å². The Labute approximate surface area is 139 Å². The zero-order chi connectivity index (χ0) is 15.6. The van der Waals surface area contributed by atoms with E-state index in [2.05, 4.69) is 4.98 Å². The predicted octanol–water partition coefficient (Wildman–Crippen LogP) is 3.67. The molecule has 118 valence electrons. The van der Waals surface area contributed by atoms with E-state index in [0.29, 0.717) is 6.61 Å². The number of thiazole rings is 1. The van der Waals surface area contributed by atoms with Crippen LogP contribution in [0.15, 0.2) is 41.4 Å². The molecule has 1 atom stereocenters. The number of para-hydroxylation sites is 1. The van der Waals surface area contributed by atoms with Crippen LogP contribution >= 0.6 is 11.3 Å². The van der Waals surface area contributed by atoms with Gasteiger partial charge in [0.15, 0.2) is 0 Å². The summed E-state index contributed by atoms with van der Waals surface area (Å²) in [6, 6.07) is 7.94. The van der Waals surface area contributed by atoms with Gasteiger partial charge < -0.3 is 9.64 Å². The van der Waals surface area contributed by atoms with Gasteiger partial charge in [0, 0.05) is 23.7 Å². The first-order chi connectivity index (χ1) is 11.3. The van der Waals surface area contributed by atoms with E-state index in [1.54, 1.807) is 11.3 Å². The molecular formula is C18H18N2O2S. The van der Waals surface area contributed by atoms with Crippen LogP contribution in [0.5, 0.6) is 5.75 Å². The molecule has 4 nitrogen and oxygen atoms in total. The summed E-state index contributed by atoms with van der Waals surface area (Å²) in [5, 5.41) is 3.02. The van der Waals surface area contributed by atoms with E-state index in [9.17, 15) is 4.79 Å². The summed E-state index contributed by atoms with van der Waals surface area (Å²) in [7, 11) is 0. The molecule has 4 rings (SSSR count). The van der Waals surface area contributed by atoms with Crippen molar-refractivity contribution in [2.45, 2.75) is 25.3 Å². The fourth-order valence-corrected chi connectivity index (χ4v) is 4.04. The van der Waals surface area contributed by atoms with E-state index in [1.807, 2.05) is 46.8 Å². The molecule has 0 spiro atoms. The van der Waals surface area contributed by atoms with Crippen molar-refractivity contribution in [3.8, 4) is 5.75 Å². The van der Waals surface area contributed by atoms with Crippen LogP contribution in [0.1, 0.15) is 35.9 Å². The van der Waals surface area contributed by atoms with E-state index in [4.69, 9.17) is 4.74 Å². The van der Waals surface area contributed by atoms with E-state index < -0.39 is 0 Å². The van der Waals surface area contributed by atoms with Crippen LogP contribution in [0.3, 0.4) is 0 Å². The molecule has 1 aromatic heterocycles. The Bertz CT molecular complexity index is 739. The number of aromatic nitrogens is 1. The van der Waals surface area contributed by atoms with Gasteiger partial charge >= 0.3 is 0 Å². The molecule has 1 fully saturated rings. The maximum atomic E-state index is 13.0. The molecule has 2 aliphatic rings. The topological polar surface area (TPSA) is 42.4 Å². The first-order valence-electron chi connectivity index (χ1n) is 7.96. The quantitative estimate of drug-likeness (QED) is 0.845. The molecular weight excluding hydrogens is 308 g/mol. The summed E-state index contributed by atoms with van der Waals surface area (Å²) in [6.07, 6.45) is 6.97. The normalized spacial score (nSPS) is 20.4. The highest BCUT2D eigenvalue weighted by atomic mass is 32.1. The average Bonchev–Trinajstić information content (AvgIpc) is 3.15. The van der Waals surface area contributed by atoms with E-state index in [-0.39, 0.29) is 11.9 Å². The largest absolute Gasteiger partial charge is 0.488 e. The highest BCUT2D eigenvalue weighted by Crippen LogP contribution is 2.34. The fourth-order valence-electron chi connectivity index (χ4n) is 3.25. The smallest absolute Gasteiger partial charge is 0.253 e. The summed E-state index contributed by atoms with van der Waals surface area (Å²) in [4.78, 5) is 19.4. The van der Waals surface area contributed by atoms with Crippen molar-refractivity contribution >= 4 is 23.3 Å². The Morgan fingerprint density at radius 2 is 2.22 bits per heavy atom. The summed E-state index contributed by atoms with van der Waals surface area (Å²) in [5.41, 5.74) is 1.71. The SMILES string of the molecule is O=C(C1=Cc2ccccc2OC1)N1CCCC[C@H]1c1nccs1. The summed E-state index contributed by atoms with van der Waals surface area (Å²) in [6.45, 7) is 1.14. The number of carbonyl (C=O) groups excluding carboxylic acids is 1. The maximum absolute atomic E-state index is 13.0. The third-order valence-corrected chi connectivity index (χ3v) is 5.28. The lowest BCUT2D eigenvalue weighted by molar-refractivity contribution is -0.131. The van der Waals surface area contributed by atoms with Gasteiger partial charge in [0.2, 0.25) is 0 Å². The van der Waals surface area contributed by atoms with E-state index in [1.165, 1.54) is 0 Å². The minimum Gasteiger partial charge on any atom is -0.488 e. The highest BCUT2D eigenvalue weighted by molar-refractivity contribution is 7.09. The number of hydrogen-bond donors (Lipinski definition) is 0. The van der Waals surface area contributed by atoms with Crippen molar-refractivity contribution in [2.24, 2.45) is 0 Å².